The molecule has 3 heteroatoms. The molecule has 0 radical (unpaired) electrons. The lowest BCUT2D eigenvalue weighted by atomic mass is 10.0. The lowest BCUT2D eigenvalue weighted by Gasteiger charge is -2.33. The van der Waals surface area contributed by atoms with Gasteiger partial charge in [-0.15, -0.1) is 0 Å². The van der Waals surface area contributed by atoms with Crippen LogP contribution in [0.15, 0.2) is 36.4 Å². The van der Waals surface area contributed by atoms with E-state index in [2.05, 4.69) is 60.0 Å². The fourth-order valence-corrected chi connectivity index (χ4v) is 3.74. The SMILES string of the molecule is CC1CSCCN1Cc1cc2ccccc2cc1N. The van der Waals surface area contributed by atoms with Crippen molar-refractivity contribution in [1.29, 1.82) is 0 Å². The van der Waals surface area contributed by atoms with Gasteiger partial charge in [-0.2, -0.15) is 11.8 Å². The highest BCUT2D eigenvalue weighted by Crippen LogP contribution is 2.25. The van der Waals surface area contributed by atoms with Crippen LogP contribution >= 0.6 is 11.8 Å². The topological polar surface area (TPSA) is 29.3 Å². The maximum Gasteiger partial charge on any atom is 0.0366 e. The lowest BCUT2D eigenvalue weighted by Crippen LogP contribution is -2.39. The molecule has 0 aliphatic carbocycles. The molecule has 2 nitrogen and oxygen atoms in total. The molecule has 1 atom stereocenters. The fourth-order valence-electron chi connectivity index (χ4n) is 2.66. The quantitative estimate of drug-likeness (QED) is 0.850. The third kappa shape index (κ3) is 2.72. The van der Waals surface area contributed by atoms with Gasteiger partial charge in [-0.25, -0.2) is 0 Å². The van der Waals surface area contributed by atoms with Crippen LogP contribution in [0.5, 0.6) is 0 Å². The number of hydrogen-bond acceptors (Lipinski definition) is 3. The predicted molar refractivity (Wildman–Crippen MR) is 85.6 cm³/mol. The molecule has 100 valence electrons. The van der Waals surface area contributed by atoms with Crippen molar-refractivity contribution < 1.29 is 0 Å². The Morgan fingerprint density at radius 2 is 2.00 bits per heavy atom. The summed E-state index contributed by atoms with van der Waals surface area (Å²) in [4.78, 5) is 2.54. The molecule has 0 saturated carbocycles. The molecule has 0 amide bonds. The molecule has 2 aromatic carbocycles. The van der Waals surface area contributed by atoms with E-state index in [0.717, 1.165) is 18.8 Å². The molecule has 0 aromatic heterocycles. The first-order valence-corrected chi connectivity index (χ1v) is 7.98. The van der Waals surface area contributed by atoms with E-state index >= 15 is 0 Å². The summed E-state index contributed by atoms with van der Waals surface area (Å²) in [5.74, 6) is 2.46. The van der Waals surface area contributed by atoms with Gasteiger partial charge >= 0.3 is 0 Å². The van der Waals surface area contributed by atoms with Crippen LogP contribution in [0, 0.1) is 0 Å². The first-order valence-electron chi connectivity index (χ1n) is 6.83. The Hall–Kier alpha value is -1.19. The molecule has 0 bridgehead atoms. The normalized spacial score (nSPS) is 20.8. The Bertz CT molecular complexity index is 582. The van der Waals surface area contributed by atoms with Gasteiger partial charge in [0.1, 0.15) is 0 Å². The van der Waals surface area contributed by atoms with E-state index in [4.69, 9.17) is 5.73 Å². The number of nitrogens with two attached hydrogens (primary N) is 1. The van der Waals surface area contributed by atoms with Crippen molar-refractivity contribution in [3.63, 3.8) is 0 Å². The second-order valence-corrected chi connectivity index (χ2v) is 6.44. The number of fused-ring (bicyclic) bond motifs is 1. The summed E-state index contributed by atoms with van der Waals surface area (Å²) in [5.41, 5.74) is 8.40. The highest BCUT2D eigenvalue weighted by atomic mass is 32.2. The van der Waals surface area contributed by atoms with Gasteiger partial charge in [0.25, 0.3) is 0 Å². The smallest absolute Gasteiger partial charge is 0.0366 e. The van der Waals surface area contributed by atoms with Crippen molar-refractivity contribution in [3.8, 4) is 0 Å². The van der Waals surface area contributed by atoms with Gasteiger partial charge in [0, 0.05) is 36.3 Å². The number of benzene rings is 2. The molecule has 19 heavy (non-hydrogen) atoms. The van der Waals surface area contributed by atoms with Gasteiger partial charge in [0.05, 0.1) is 0 Å². The van der Waals surface area contributed by atoms with E-state index in [1.807, 2.05) is 0 Å². The molecular formula is C16H20N2S. The number of nitrogen functional groups attached to an aromatic ring is 1. The summed E-state index contributed by atoms with van der Waals surface area (Å²) in [5, 5.41) is 2.51. The summed E-state index contributed by atoms with van der Waals surface area (Å²) in [6.45, 7) is 4.44. The maximum atomic E-state index is 6.22. The van der Waals surface area contributed by atoms with Crippen LogP contribution < -0.4 is 5.73 Å². The van der Waals surface area contributed by atoms with Crippen LogP contribution in [0.4, 0.5) is 5.69 Å². The first kappa shape index (κ1) is 12.8. The molecular weight excluding hydrogens is 252 g/mol. The van der Waals surface area contributed by atoms with Crippen LogP contribution in [0.25, 0.3) is 10.8 Å². The van der Waals surface area contributed by atoms with Crippen LogP contribution in [-0.2, 0) is 6.54 Å². The van der Waals surface area contributed by atoms with Crippen molar-refractivity contribution >= 4 is 28.2 Å². The van der Waals surface area contributed by atoms with Gasteiger partial charge in [-0.05, 0) is 35.4 Å². The van der Waals surface area contributed by atoms with Crippen molar-refractivity contribution in [3.05, 3.63) is 42.0 Å². The minimum Gasteiger partial charge on any atom is -0.398 e. The minimum atomic E-state index is 0.643. The maximum absolute atomic E-state index is 6.22. The van der Waals surface area contributed by atoms with E-state index in [0.29, 0.717) is 6.04 Å². The average Bonchev–Trinajstić information content (AvgIpc) is 2.42. The van der Waals surface area contributed by atoms with Crippen molar-refractivity contribution in [2.75, 3.05) is 23.8 Å². The van der Waals surface area contributed by atoms with Crippen molar-refractivity contribution in [1.82, 2.24) is 4.90 Å². The van der Waals surface area contributed by atoms with Gasteiger partial charge in [0.15, 0.2) is 0 Å². The highest BCUT2D eigenvalue weighted by Gasteiger charge is 2.19. The Labute approximate surface area is 119 Å². The zero-order chi connectivity index (χ0) is 13.2. The lowest BCUT2D eigenvalue weighted by molar-refractivity contribution is 0.224. The zero-order valence-electron chi connectivity index (χ0n) is 11.3. The van der Waals surface area contributed by atoms with E-state index in [9.17, 15) is 0 Å². The molecule has 3 rings (SSSR count). The molecule has 1 aliphatic heterocycles. The molecule has 1 heterocycles. The molecule has 1 unspecified atom stereocenters. The second-order valence-electron chi connectivity index (χ2n) is 5.29. The Balaban J connectivity index is 1.89. The Morgan fingerprint density at radius 1 is 1.26 bits per heavy atom. The number of anilines is 1. The Morgan fingerprint density at radius 3 is 2.74 bits per heavy atom. The van der Waals surface area contributed by atoms with Gasteiger partial charge in [0.2, 0.25) is 0 Å². The third-order valence-electron chi connectivity index (χ3n) is 3.89. The predicted octanol–water partition coefficient (Wildman–Crippen LogP) is 3.36. The third-order valence-corrected chi connectivity index (χ3v) is 5.08. The highest BCUT2D eigenvalue weighted by molar-refractivity contribution is 7.99. The summed E-state index contributed by atoms with van der Waals surface area (Å²) >= 11 is 2.05. The minimum absolute atomic E-state index is 0.643. The van der Waals surface area contributed by atoms with E-state index in [-0.39, 0.29) is 0 Å². The number of nitrogens with zero attached hydrogens (tertiary/aromatic N) is 1. The fraction of sp³-hybridized carbons (Fsp3) is 0.375. The zero-order valence-corrected chi connectivity index (χ0v) is 12.1. The standard InChI is InChI=1S/C16H20N2S/c1-12-11-19-7-6-18(12)10-15-8-13-4-2-3-5-14(13)9-16(15)17/h2-5,8-9,12H,6-7,10-11,17H2,1H3. The molecule has 2 N–H and O–H groups in total. The second kappa shape index (κ2) is 5.43. The summed E-state index contributed by atoms with van der Waals surface area (Å²) in [6, 6.07) is 13.4. The van der Waals surface area contributed by atoms with Crippen LogP contribution in [-0.4, -0.2) is 29.0 Å². The number of rotatable bonds is 2. The van der Waals surface area contributed by atoms with E-state index < -0.39 is 0 Å². The molecule has 1 saturated heterocycles. The number of hydrogen-bond donors (Lipinski definition) is 1. The molecule has 1 fully saturated rings. The van der Waals surface area contributed by atoms with E-state index in [1.54, 1.807) is 0 Å². The van der Waals surface area contributed by atoms with Crippen LogP contribution in [0.3, 0.4) is 0 Å². The average molecular weight is 272 g/mol. The molecule has 0 spiro atoms. The van der Waals surface area contributed by atoms with Gasteiger partial charge in [-0.1, -0.05) is 24.3 Å². The first-order chi connectivity index (χ1) is 9.24. The van der Waals surface area contributed by atoms with E-state index in [1.165, 1.54) is 27.8 Å². The van der Waals surface area contributed by atoms with Crippen LogP contribution in [0.1, 0.15) is 12.5 Å². The summed E-state index contributed by atoms with van der Waals surface area (Å²) < 4.78 is 0. The Kier molecular flexibility index (Phi) is 3.67. The van der Waals surface area contributed by atoms with Gasteiger partial charge < -0.3 is 5.73 Å². The monoisotopic (exact) mass is 272 g/mol. The van der Waals surface area contributed by atoms with Gasteiger partial charge in [-0.3, -0.25) is 4.90 Å². The number of thioether (sulfide) groups is 1. The largest absolute Gasteiger partial charge is 0.398 e. The van der Waals surface area contributed by atoms with Crippen molar-refractivity contribution in [2.45, 2.75) is 19.5 Å². The van der Waals surface area contributed by atoms with Crippen molar-refractivity contribution in [2.24, 2.45) is 0 Å². The van der Waals surface area contributed by atoms with Crippen LogP contribution in [0.2, 0.25) is 0 Å². The molecule has 2 aromatic rings. The molecule has 1 aliphatic rings. The summed E-state index contributed by atoms with van der Waals surface area (Å²) in [7, 11) is 0. The summed E-state index contributed by atoms with van der Waals surface area (Å²) in [6.07, 6.45) is 0.